The molecule has 1 saturated carbocycles. The van der Waals surface area contributed by atoms with Gasteiger partial charge in [0.2, 0.25) is 0 Å². The van der Waals surface area contributed by atoms with Crippen LogP contribution in [0.2, 0.25) is 0 Å². The molecule has 2 aromatic carbocycles. The van der Waals surface area contributed by atoms with Crippen molar-refractivity contribution in [2.45, 2.75) is 108 Å². The first-order valence-electron chi connectivity index (χ1n) is 15.6. The predicted octanol–water partition coefficient (Wildman–Crippen LogP) is 6.23. The molecule has 1 aliphatic heterocycles. The number of amides is 1. The number of ether oxygens (including phenoxy) is 4. The van der Waals surface area contributed by atoms with Gasteiger partial charge in [0.1, 0.15) is 18.8 Å². The van der Waals surface area contributed by atoms with Crippen LogP contribution in [0.15, 0.2) is 76.0 Å². The summed E-state index contributed by atoms with van der Waals surface area (Å²) in [5.74, 6) is -0.734. The van der Waals surface area contributed by atoms with E-state index in [4.69, 9.17) is 24.5 Å². The van der Waals surface area contributed by atoms with Crippen molar-refractivity contribution in [1.29, 1.82) is 0 Å². The molecule has 254 valence electrons. The standard InChI is InChI=1S/C31H38N10O7/c1-3-25(41(17-20-10-6-4-7-11-20)31(44)45-18-21-12-8-5-9-13-21)26-15-14-22(35-38-32)30(47-26)48-29-24(37-40-34)16-23(36-39-33)28(27(29)43)46-19(2)42/h4-13,22-30,43H,3,14-18H2,1-2H3/t22-,23-,24+,25?,26+,27-,28+,29-,30-/m1/s1. The summed E-state index contributed by atoms with van der Waals surface area (Å²) < 4.78 is 23.7. The Balaban J connectivity index is 1.61. The summed E-state index contributed by atoms with van der Waals surface area (Å²) in [6.07, 6.45) is -5.59. The first kappa shape index (κ1) is 35.8. The zero-order valence-electron chi connectivity index (χ0n) is 26.6. The minimum absolute atomic E-state index is 0.0678. The second-order valence-corrected chi connectivity index (χ2v) is 11.5. The highest BCUT2D eigenvalue weighted by Gasteiger charge is 2.49. The van der Waals surface area contributed by atoms with Gasteiger partial charge in [-0.1, -0.05) is 82.9 Å². The molecule has 17 nitrogen and oxygen atoms in total. The minimum Gasteiger partial charge on any atom is -0.459 e. The molecule has 1 amide bonds. The third-order valence-corrected chi connectivity index (χ3v) is 8.36. The van der Waals surface area contributed by atoms with E-state index in [1.807, 2.05) is 67.6 Å². The lowest BCUT2D eigenvalue weighted by Crippen LogP contribution is -2.59. The Morgan fingerprint density at radius 1 is 0.917 bits per heavy atom. The maximum atomic E-state index is 13.7. The number of benzene rings is 2. The van der Waals surface area contributed by atoms with Crippen LogP contribution >= 0.6 is 0 Å². The van der Waals surface area contributed by atoms with Crippen molar-refractivity contribution in [1.82, 2.24) is 4.90 Å². The number of azide groups is 3. The number of carbonyl (C=O) groups excluding carboxylic acids is 2. The van der Waals surface area contributed by atoms with Gasteiger partial charge in [-0.2, -0.15) is 0 Å². The molecule has 0 spiro atoms. The summed E-state index contributed by atoms with van der Waals surface area (Å²) in [7, 11) is 0. The maximum absolute atomic E-state index is 13.7. The predicted molar refractivity (Wildman–Crippen MR) is 170 cm³/mol. The lowest BCUT2D eigenvalue weighted by atomic mass is 9.84. The fraction of sp³-hybridized carbons (Fsp3) is 0.548. The van der Waals surface area contributed by atoms with Gasteiger partial charge in [0.15, 0.2) is 6.29 Å². The van der Waals surface area contributed by atoms with E-state index < -0.39 is 66.9 Å². The molecular weight excluding hydrogens is 624 g/mol. The number of hydrogen-bond acceptors (Lipinski definition) is 10. The van der Waals surface area contributed by atoms with Crippen molar-refractivity contribution in [3.8, 4) is 0 Å². The Kier molecular flexibility index (Phi) is 13.3. The summed E-state index contributed by atoms with van der Waals surface area (Å²) in [4.78, 5) is 35.7. The zero-order valence-corrected chi connectivity index (χ0v) is 26.6. The van der Waals surface area contributed by atoms with Gasteiger partial charge in [-0.05, 0) is 53.4 Å². The number of nitrogens with zero attached hydrogens (tertiary/aromatic N) is 10. The molecule has 0 aromatic heterocycles. The van der Waals surface area contributed by atoms with E-state index in [1.54, 1.807) is 4.90 Å². The quantitative estimate of drug-likeness (QED) is 0.112. The summed E-state index contributed by atoms with van der Waals surface area (Å²) in [5, 5.41) is 22.6. The Morgan fingerprint density at radius 2 is 1.50 bits per heavy atom. The Bertz CT molecular complexity index is 1520. The highest BCUT2D eigenvalue weighted by molar-refractivity contribution is 5.68. The van der Waals surface area contributed by atoms with E-state index >= 15 is 0 Å². The largest absolute Gasteiger partial charge is 0.459 e. The molecule has 2 aliphatic rings. The highest BCUT2D eigenvalue weighted by atomic mass is 16.7. The maximum Gasteiger partial charge on any atom is 0.410 e. The van der Waals surface area contributed by atoms with Gasteiger partial charge in [-0.25, -0.2) is 4.79 Å². The molecule has 1 unspecified atom stereocenters. The van der Waals surface area contributed by atoms with Crippen LogP contribution in [0.4, 0.5) is 4.79 Å². The van der Waals surface area contributed by atoms with Gasteiger partial charge in [0.25, 0.3) is 0 Å². The third kappa shape index (κ3) is 9.29. The molecule has 1 heterocycles. The van der Waals surface area contributed by atoms with E-state index in [9.17, 15) is 25.8 Å². The van der Waals surface area contributed by atoms with Crippen LogP contribution < -0.4 is 0 Å². The monoisotopic (exact) mass is 662 g/mol. The number of esters is 1. The van der Waals surface area contributed by atoms with Crippen molar-refractivity contribution in [3.05, 3.63) is 103 Å². The van der Waals surface area contributed by atoms with Gasteiger partial charge in [0, 0.05) is 28.2 Å². The SMILES string of the molecule is CCC([C@@H]1CC[C@@H](N=[N+]=[N-])[C@@H](O[C@H]2[C@H](O)[C@@H](OC(C)=O)[C@H](N=[N+]=[N-])C[C@@H]2N=[N+]=[N-])O1)N(Cc1ccccc1)C(=O)OCc1ccccc1. The number of aliphatic hydroxyl groups excluding tert-OH is 1. The number of aliphatic hydroxyl groups is 1. The molecule has 4 rings (SSSR count). The van der Waals surface area contributed by atoms with Crippen LogP contribution in [0.5, 0.6) is 0 Å². The van der Waals surface area contributed by atoms with Crippen molar-refractivity contribution >= 4 is 12.1 Å². The normalized spacial score (nSPS) is 27.1. The van der Waals surface area contributed by atoms with E-state index in [-0.39, 0.29) is 19.6 Å². The molecule has 0 bridgehead atoms. The van der Waals surface area contributed by atoms with Crippen LogP contribution in [-0.4, -0.2) is 76.9 Å². The van der Waals surface area contributed by atoms with E-state index in [2.05, 4.69) is 30.1 Å². The number of hydrogen-bond donors (Lipinski definition) is 1. The summed E-state index contributed by atoms with van der Waals surface area (Å²) in [5.41, 5.74) is 29.4. The smallest absolute Gasteiger partial charge is 0.410 e. The summed E-state index contributed by atoms with van der Waals surface area (Å²) >= 11 is 0. The molecule has 9 atom stereocenters. The van der Waals surface area contributed by atoms with Crippen LogP contribution in [0.3, 0.4) is 0 Å². The van der Waals surface area contributed by atoms with Gasteiger partial charge >= 0.3 is 12.1 Å². The lowest BCUT2D eigenvalue weighted by molar-refractivity contribution is -0.261. The first-order valence-corrected chi connectivity index (χ1v) is 15.6. The highest BCUT2D eigenvalue weighted by Crippen LogP contribution is 2.35. The number of rotatable bonds is 13. The molecule has 1 aliphatic carbocycles. The van der Waals surface area contributed by atoms with Crippen molar-refractivity contribution < 1.29 is 33.6 Å². The molecule has 48 heavy (non-hydrogen) atoms. The van der Waals surface area contributed by atoms with Gasteiger partial charge in [0.05, 0.1) is 36.4 Å². The Morgan fingerprint density at radius 3 is 2.08 bits per heavy atom. The summed E-state index contributed by atoms with van der Waals surface area (Å²) in [6.45, 7) is 3.34. The van der Waals surface area contributed by atoms with Crippen LogP contribution in [0, 0.1) is 0 Å². The van der Waals surface area contributed by atoms with Crippen molar-refractivity contribution in [2.75, 3.05) is 0 Å². The van der Waals surface area contributed by atoms with Crippen LogP contribution in [0.1, 0.15) is 50.7 Å². The van der Waals surface area contributed by atoms with E-state index in [1.165, 1.54) is 0 Å². The topological polar surface area (TPSA) is 241 Å². The average Bonchev–Trinajstić information content (AvgIpc) is 3.09. The molecule has 2 fully saturated rings. The summed E-state index contributed by atoms with van der Waals surface area (Å²) in [6, 6.07) is 15.3. The first-order chi connectivity index (χ1) is 23.3. The van der Waals surface area contributed by atoms with Crippen LogP contribution in [-0.2, 0) is 36.9 Å². The number of carbonyl (C=O) groups is 2. The van der Waals surface area contributed by atoms with Gasteiger partial charge in [-0.3, -0.25) is 9.69 Å². The van der Waals surface area contributed by atoms with E-state index in [0.29, 0.717) is 19.3 Å². The minimum atomic E-state index is -1.60. The molecule has 1 N–H and O–H groups in total. The molecular formula is C31H38N10O7. The third-order valence-electron chi connectivity index (χ3n) is 8.36. The zero-order chi connectivity index (χ0) is 34.5. The average molecular weight is 663 g/mol. The molecule has 17 heteroatoms. The lowest BCUT2D eigenvalue weighted by Gasteiger charge is -2.45. The van der Waals surface area contributed by atoms with Gasteiger partial charge in [-0.15, -0.1) is 0 Å². The fourth-order valence-electron chi connectivity index (χ4n) is 6.15. The Labute approximate surface area is 276 Å². The van der Waals surface area contributed by atoms with Crippen LogP contribution in [0.25, 0.3) is 31.3 Å². The molecule has 1 saturated heterocycles. The second-order valence-electron chi connectivity index (χ2n) is 11.5. The molecule has 2 aromatic rings. The van der Waals surface area contributed by atoms with Gasteiger partial charge < -0.3 is 24.1 Å². The van der Waals surface area contributed by atoms with E-state index in [0.717, 1.165) is 18.1 Å². The second kappa shape index (κ2) is 17.8. The van der Waals surface area contributed by atoms with Crippen molar-refractivity contribution in [2.24, 2.45) is 15.3 Å². The fourth-order valence-corrected chi connectivity index (χ4v) is 6.15. The van der Waals surface area contributed by atoms with Crippen molar-refractivity contribution in [3.63, 3.8) is 0 Å². The molecule has 0 radical (unpaired) electrons. The Hall–Kier alpha value is -5.01.